The van der Waals surface area contributed by atoms with Crippen LogP contribution in [0.2, 0.25) is 0 Å². The fourth-order valence-electron chi connectivity index (χ4n) is 1.61. The first-order chi connectivity index (χ1) is 8.15. The molecule has 1 rings (SSSR count). The Balaban J connectivity index is -0.000000963. The summed E-state index contributed by atoms with van der Waals surface area (Å²) < 4.78 is 0. The molecular formula is C11H21Cl3N4O2. The average Bonchev–Trinajstić information content (AvgIpc) is 2.29. The lowest BCUT2D eigenvalue weighted by atomic mass is 10.0. The standard InChI is InChI=1S/C11H18N4O2.3ClH/c12-5-6-14-8-10(13)7-9-3-1-2-4-11(9)15(16)17;;;/h1-4,10,14H,5-8,12-13H2;3*1H. The Morgan fingerprint density at radius 2 is 1.85 bits per heavy atom. The number of nitro groups is 1. The van der Waals surface area contributed by atoms with Gasteiger partial charge in [0.05, 0.1) is 4.92 Å². The summed E-state index contributed by atoms with van der Waals surface area (Å²) in [5.74, 6) is 0. The molecule has 0 aliphatic carbocycles. The Morgan fingerprint density at radius 3 is 2.40 bits per heavy atom. The van der Waals surface area contributed by atoms with Crippen LogP contribution in [0.1, 0.15) is 5.56 Å². The van der Waals surface area contributed by atoms with E-state index < -0.39 is 0 Å². The third-order valence-corrected chi connectivity index (χ3v) is 2.40. The van der Waals surface area contributed by atoms with E-state index in [9.17, 15) is 10.1 Å². The van der Waals surface area contributed by atoms with E-state index >= 15 is 0 Å². The van der Waals surface area contributed by atoms with Gasteiger partial charge in [0.25, 0.3) is 5.69 Å². The molecule has 20 heavy (non-hydrogen) atoms. The fraction of sp³-hybridized carbons (Fsp3) is 0.455. The van der Waals surface area contributed by atoms with Crippen molar-refractivity contribution in [1.29, 1.82) is 0 Å². The number of hydrogen-bond acceptors (Lipinski definition) is 5. The van der Waals surface area contributed by atoms with Gasteiger partial charge >= 0.3 is 0 Å². The first-order valence-electron chi connectivity index (χ1n) is 5.53. The summed E-state index contributed by atoms with van der Waals surface area (Å²) in [4.78, 5) is 10.4. The lowest BCUT2D eigenvalue weighted by Crippen LogP contribution is -2.37. The van der Waals surface area contributed by atoms with Gasteiger partial charge < -0.3 is 16.8 Å². The minimum Gasteiger partial charge on any atom is -0.329 e. The van der Waals surface area contributed by atoms with Crippen molar-refractivity contribution in [2.24, 2.45) is 11.5 Å². The lowest BCUT2D eigenvalue weighted by Gasteiger charge is -2.12. The van der Waals surface area contributed by atoms with E-state index in [1.165, 1.54) is 6.07 Å². The number of hydrogen-bond donors (Lipinski definition) is 3. The first-order valence-corrected chi connectivity index (χ1v) is 5.53. The molecule has 0 heterocycles. The second-order valence-corrected chi connectivity index (χ2v) is 3.84. The normalized spacial score (nSPS) is 10.5. The van der Waals surface area contributed by atoms with Crippen molar-refractivity contribution >= 4 is 42.9 Å². The highest BCUT2D eigenvalue weighted by molar-refractivity contribution is 5.86. The molecule has 1 unspecified atom stereocenters. The topological polar surface area (TPSA) is 107 Å². The third kappa shape index (κ3) is 8.52. The molecule has 0 saturated heterocycles. The van der Waals surface area contributed by atoms with Crippen molar-refractivity contribution in [3.05, 3.63) is 39.9 Å². The van der Waals surface area contributed by atoms with Gasteiger partial charge in [-0.2, -0.15) is 0 Å². The molecule has 1 aromatic rings. The van der Waals surface area contributed by atoms with Gasteiger partial charge in [-0.1, -0.05) is 18.2 Å². The van der Waals surface area contributed by atoms with Crippen LogP contribution < -0.4 is 16.8 Å². The summed E-state index contributed by atoms with van der Waals surface area (Å²) in [5.41, 5.74) is 12.0. The summed E-state index contributed by atoms with van der Waals surface area (Å²) in [6.45, 7) is 1.85. The zero-order valence-corrected chi connectivity index (χ0v) is 13.3. The molecule has 1 aromatic carbocycles. The van der Waals surface area contributed by atoms with Gasteiger partial charge in [-0.3, -0.25) is 10.1 Å². The Bertz CT molecular complexity index is 382. The van der Waals surface area contributed by atoms with Crippen molar-refractivity contribution in [2.75, 3.05) is 19.6 Å². The van der Waals surface area contributed by atoms with Crippen LogP contribution in [-0.4, -0.2) is 30.6 Å². The van der Waals surface area contributed by atoms with Crippen molar-refractivity contribution in [2.45, 2.75) is 12.5 Å². The van der Waals surface area contributed by atoms with E-state index in [-0.39, 0.29) is 53.9 Å². The molecule has 6 nitrogen and oxygen atoms in total. The maximum absolute atomic E-state index is 10.8. The fourth-order valence-corrected chi connectivity index (χ4v) is 1.61. The van der Waals surface area contributed by atoms with Crippen LogP contribution in [0.5, 0.6) is 0 Å². The third-order valence-electron chi connectivity index (χ3n) is 2.40. The number of para-hydroxylation sites is 1. The number of benzene rings is 1. The van der Waals surface area contributed by atoms with Gasteiger partial charge in [0.15, 0.2) is 0 Å². The van der Waals surface area contributed by atoms with Gasteiger partial charge in [-0.25, -0.2) is 0 Å². The average molecular weight is 348 g/mol. The van der Waals surface area contributed by atoms with Crippen LogP contribution in [0.3, 0.4) is 0 Å². The highest BCUT2D eigenvalue weighted by Crippen LogP contribution is 2.18. The van der Waals surface area contributed by atoms with E-state index in [1.807, 2.05) is 0 Å². The summed E-state index contributed by atoms with van der Waals surface area (Å²) in [6, 6.07) is 6.51. The molecule has 5 N–H and O–H groups in total. The molecule has 0 amide bonds. The Labute approximate surface area is 137 Å². The van der Waals surface area contributed by atoms with Crippen LogP contribution in [0.25, 0.3) is 0 Å². The molecule has 118 valence electrons. The molecule has 0 spiro atoms. The van der Waals surface area contributed by atoms with Crippen LogP contribution in [0.15, 0.2) is 24.3 Å². The minimum atomic E-state index is -0.380. The Hall–Kier alpha value is -0.630. The lowest BCUT2D eigenvalue weighted by molar-refractivity contribution is -0.385. The van der Waals surface area contributed by atoms with E-state index in [1.54, 1.807) is 18.2 Å². The molecule has 0 bridgehead atoms. The summed E-state index contributed by atoms with van der Waals surface area (Å²) >= 11 is 0. The first kappa shape index (κ1) is 24.4. The molecule has 9 heteroatoms. The summed E-state index contributed by atoms with van der Waals surface area (Å²) in [7, 11) is 0. The maximum atomic E-state index is 10.8. The zero-order chi connectivity index (χ0) is 12.7. The number of nitrogens with two attached hydrogens (primary N) is 2. The minimum absolute atomic E-state index is 0. The number of halogens is 3. The highest BCUT2D eigenvalue weighted by Gasteiger charge is 2.14. The Morgan fingerprint density at radius 1 is 1.25 bits per heavy atom. The SMILES string of the molecule is Cl.Cl.Cl.NCCNCC(N)Cc1ccccc1[N+](=O)[O-]. The molecule has 0 aliphatic rings. The predicted molar refractivity (Wildman–Crippen MR) is 88.4 cm³/mol. The smallest absolute Gasteiger partial charge is 0.272 e. The summed E-state index contributed by atoms with van der Waals surface area (Å²) in [5, 5.41) is 13.9. The highest BCUT2D eigenvalue weighted by atomic mass is 35.5. The van der Waals surface area contributed by atoms with Crippen molar-refractivity contribution in [3.63, 3.8) is 0 Å². The molecule has 0 fully saturated rings. The van der Waals surface area contributed by atoms with E-state index in [2.05, 4.69) is 5.32 Å². The van der Waals surface area contributed by atoms with Crippen LogP contribution in [0.4, 0.5) is 5.69 Å². The number of nitro benzene ring substituents is 1. The Kier molecular flexibility index (Phi) is 16.3. The van der Waals surface area contributed by atoms with Crippen molar-refractivity contribution in [3.8, 4) is 0 Å². The number of nitrogens with one attached hydrogen (secondary N) is 1. The van der Waals surface area contributed by atoms with Gasteiger partial charge in [0, 0.05) is 37.3 Å². The van der Waals surface area contributed by atoms with Gasteiger partial charge in [-0.05, 0) is 6.42 Å². The predicted octanol–water partition coefficient (Wildman–Crippen LogP) is 1.28. The quantitative estimate of drug-likeness (QED) is 0.391. The molecule has 0 radical (unpaired) electrons. The number of nitrogens with zero attached hydrogens (tertiary/aromatic N) is 1. The second kappa shape index (κ2) is 13.4. The molecular weight excluding hydrogens is 327 g/mol. The monoisotopic (exact) mass is 346 g/mol. The van der Waals surface area contributed by atoms with Gasteiger partial charge in [0.2, 0.25) is 0 Å². The molecule has 0 saturated carbocycles. The van der Waals surface area contributed by atoms with Crippen LogP contribution in [-0.2, 0) is 6.42 Å². The maximum Gasteiger partial charge on any atom is 0.272 e. The van der Waals surface area contributed by atoms with Crippen molar-refractivity contribution < 1.29 is 4.92 Å². The van der Waals surface area contributed by atoms with Crippen molar-refractivity contribution in [1.82, 2.24) is 5.32 Å². The molecule has 0 aliphatic heterocycles. The van der Waals surface area contributed by atoms with E-state index in [4.69, 9.17) is 11.5 Å². The summed E-state index contributed by atoms with van der Waals surface area (Å²) in [6.07, 6.45) is 0.481. The second-order valence-electron chi connectivity index (χ2n) is 3.84. The van der Waals surface area contributed by atoms with E-state index in [0.717, 1.165) is 0 Å². The van der Waals surface area contributed by atoms with Crippen LogP contribution in [0, 0.1) is 10.1 Å². The van der Waals surface area contributed by atoms with E-state index in [0.29, 0.717) is 31.6 Å². The molecule has 0 aromatic heterocycles. The molecule has 1 atom stereocenters. The zero-order valence-electron chi connectivity index (χ0n) is 10.9. The largest absolute Gasteiger partial charge is 0.329 e. The van der Waals surface area contributed by atoms with Gasteiger partial charge in [-0.15, -0.1) is 37.2 Å². The van der Waals surface area contributed by atoms with Gasteiger partial charge in [0.1, 0.15) is 0 Å². The number of rotatable bonds is 7. The van der Waals surface area contributed by atoms with Crippen LogP contribution >= 0.6 is 37.2 Å².